The van der Waals surface area contributed by atoms with Crippen molar-refractivity contribution in [3.05, 3.63) is 53.8 Å². The number of benzene rings is 1. The zero-order chi connectivity index (χ0) is 9.97. The summed E-state index contributed by atoms with van der Waals surface area (Å²) in [7, 11) is 2.00. The molecule has 0 spiro atoms. The summed E-state index contributed by atoms with van der Waals surface area (Å²) in [6.07, 6.45) is 4.05. The Bertz CT molecular complexity index is 440. The third-order valence-electron chi connectivity index (χ3n) is 2.14. The van der Waals surface area contributed by atoms with Gasteiger partial charge < -0.3 is 24.0 Å². The largest absolute Gasteiger partial charge is 1.00 e. The molecule has 0 aliphatic heterocycles. The Hall–Kier alpha value is -0.610. The van der Waals surface area contributed by atoms with Crippen LogP contribution in [0.4, 0.5) is 0 Å². The van der Waals surface area contributed by atoms with Gasteiger partial charge in [0.2, 0.25) is 0 Å². The lowest BCUT2D eigenvalue weighted by Crippen LogP contribution is -3.00. The summed E-state index contributed by atoms with van der Waals surface area (Å²) in [6.45, 7) is 0. The van der Waals surface area contributed by atoms with Crippen LogP contribution in [0.5, 0.6) is 0 Å². The van der Waals surface area contributed by atoms with Gasteiger partial charge in [-0.1, -0.05) is 23.7 Å². The van der Waals surface area contributed by atoms with Gasteiger partial charge in [0.15, 0.2) is 12.4 Å². The maximum Gasteiger partial charge on any atom is 0.169 e. The summed E-state index contributed by atoms with van der Waals surface area (Å²) >= 11 is 5.92. The van der Waals surface area contributed by atoms with Crippen LogP contribution in [0.3, 0.4) is 0 Å². The highest BCUT2D eigenvalue weighted by Gasteiger charge is 1.99. The van der Waals surface area contributed by atoms with E-state index in [2.05, 4.69) is 18.2 Å². The molecule has 15 heavy (non-hydrogen) atoms. The molecule has 0 N–H and O–H groups in total. The van der Waals surface area contributed by atoms with Crippen molar-refractivity contribution in [1.82, 2.24) is 0 Å². The molecule has 0 unspecified atom stereocenters. The number of hydrogen-bond donors (Lipinski definition) is 0. The van der Waals surface area contributed by atoms with Gasteiger partial charge in [0, 0.05) is 17.2 Å². The predicted molar refractivity (Wildman–Crippen MR) is 58.1 cm³/mol. The van der Waals surface area contributed by atoms with Crippen molar-refractivity contribution in [1.29, 1.82) is 0 Å². The topological polar surface area (TPSA) is 3.88 Å². The zero-order valence-corrected chi connectivity index (χ0v) is 11.2. The van der Waals surface area contributed by atoms with Gasteiger partial charge in [-0.05, 0) is 23.3 Å². The molecule has 78 valence electrons. The Morgan fingerprint density at radius 1 is 1.00 bits per heavy atom. The number of aromatic nitrogens is 1. The van der Waals surface area contributed by atoms with Crippen molar-refractivity contribution in [2.45, 2.75) is 0 Å². The molecule has 1 aromatic carbocycles. The van der Waals surface area contributed by atoms with E-state index in [4.69, 9.17) is 11.6 Å². The van der Waals surface area contributed by atoms with Crippen molar-refractivity contribution in [3.63, 3.8) is 0 Å². The molecule has 0 fully saturated rings. The van der Waals surface area contributed by atoms with E-state index in [0.29, 0.717) is 0 Å². The molecule has 3 heteroatoms. The predicted octanol–water partition coefficient (Wildman–Crippen LogP) is -0.165. The average molecular weight is 332 g/mol. The van der Waals surface area contributed by atoms with Crippen LogP contribution < -0.4 is 28.5 Å². The van der Waals surface area contributed by atoms with Crippen LogP contribution in [0.2, 0.25) is 5.02 Å². The second kappa shape index (κ2) is 5.47. The molecule has 1 heterocycles. The molecule has 1 nitrogen and oxygen atoms in total. The molecule has 1 aromatic heterocycles. The monoisotopic (exact) mass is 331 g/mol. The van der Waals surface area contributed by atoms with Crippen molar-refractivity contribution in [3.8, 4) is 11.1 Å². The number of pyridine rings is 1. The Morgan fingerprint density at radius 2 is 1.67 bits per heavy atom. The smallest absolute Gasteiger partial charge is 0.169 e. The molecule has 0 aliphatic rings. The summed E-state index contributed by atoms with van der Waals surface area (Å²) in [6, 6.07) is 12.0. The molecule has 0 saturated heterocycles. The molecular formula is C12H11ClIN. The van der Waals surface area contributed by atoms with Crippen LogP contribution in [0.1, 0.15) is 0 Å². The third kappa shape index (κ3) is 3.18. The lowest BCUT2D eigenvalue weighted by Gasteiger charge is -1.99. The van der Waals surface area contributed by atoms with Gasteiger partial charge in [0.05, 0.1) is 0 Å². The van der Waals surface area contributed by atoms with Crippen molar-refractivity contribution in [2.24, 2.45) is 7.05 Å². The lowest BCUT2D eigenvalue weighted by atomic mass is 10.1. The molecule has 0 amide bonds. The zero-order valence-electron chi connectivity index (χ0n) is 8.32. The summed E-state index contributed by atoms with van der Waals surface area (Å²) in [5.41, 5.74) is 2.34. The highest BCUT2D eigenvalue weighted by atomic mass is 127. The Kier molecular flexibility index (Phi) is 4.54. The molecule has 0 bridgehead atoms. The second-order valence-electron chi connectivity index (χ2n) is 3.26. The molecular weight excluding hydrogens is 320 g/mol. The van der Waals surface area contributed by atoms with Crippen LogP contribution in [0.15, 0.2) is 48.8 Å². The first kappa shape index (κ1) is 12.5. The minimum atomic E-state index is 0. The highest BCUT2D eigenvalue weighted by Crippen LogP contribution is 2.21. The van der Waals surface area contributed by atoms with Crippen LogP contribution in [-0.2, 0) is 7.05 Å². The van der Waals surface area contributed by atoms with Gasteiger partial charge in [-0.2, -0.15) is 0 Å². The first-order valence-corrected chi connectivity index (χ1v) is 4.85. The van der Waals surface area contributed by atoms with Crippen LogP contribution in [0, 0.1) is 0 Å². The quantitative estimate of drug-likeness (QED) is 0.505. The van der Waals surface area contributed by atoms with E-state index in [1.54, 1.807) is 0 Å². The Morgan fingerprint density at radius 3 is 2.27 bits per heavy atom. The summed E-state index contributed by atoms with van der Waals surface area (Å²) in [5.74, 6) is 0. The normalized spacial score (nSPS) is 9.47. The fourth-order valence-electron chi connectivity index (χ4n) is 1.36. The van der Waals surface area contributed by atoms with Gasteiger partial charge in [-0.15, -0.1) is 0 Å². The Labute approximate surface area is 112 Å². The van der Waals surface area contributed by atoms with Crippen LogP contribution >= 0.6 is 11.6 Å². The van der Waals surface area contributed by atoms with Crippen LogP contribution in [0.25, 0.3) is 11.1 Å². The summed E-state index contributed by atoms with van der Waals surface area (Å²) in [5, 5.41) is 0.774. The first-order valence-electron chi connectivity index (χ1n) is 4.47. The first-order chi connectivity index (χ1) is 6.75. The number of rotatable bonds is 1. The molecule has 0 aliphatic carbocycles. The van der Waals surface area contributed by atoms with Crippen molar-refractivity contribution in [2.75, 3.05) is 0 Å². The fraction of sp³-hybridized carbons (Fsp3) is 0.0833. The number of halogens is 2. The second-order valence-corrected chi connectivity index (χ2v) is 3.70. The van der Waals surface area contributed by atoms with E-state index in [1.165, 1.54) is 5.56 Å². The molecule has 0 radical (unpaired) electrons. The van der Waals surface area contributed by atoms with E-state index < -0.39 is 0 Å². The van der Waals surface area contributed by atoms with Gasteiger partial charge in [0.25, 0.3) is 0 Å². The van der Waals surface area contributed by atoms with E-state index >= 15 is 0 Å². The van der Waals surface area contributed by atoms with E-state index in [1.807, 2.05) is 42.2 Å². The van der Waals surface area contributed by atoms with Gasteiger partial charge >= 0.3 is 0 Å². The van der Waals surface area contributed by atoms with Gasteiger partial charge in [-0.25, -0.2) is 4.57 Å². The maximum absolute atomic E-state index is 5.92. The minimum absolute atomic E-state index is 0. The number of nitrogens with zero attached hydrogens (tertiary/aromatic N) is 1. The minimum Gasteiger partial charge on any atom is -1.00 e. The van der Waals surface area contributed by atoms with E-state index in [9.17, 15) is 0 Å². The number of hydrogen-bond acceptors (Lipinski definition) is 0. The van der Waals surface area contributed by atoms with Crippen LogP contribution in [-0.4, -0.2) is 0 Å². The van der Waals surface area contributed by atoms with E-state index in [0.717, 1.165) is 10.6 Å². The number of aryl methyl sites for hydroxylation is 1. The average Bonchev–Trinajstić information content (AvgIpc) is 2.19. The summed E-state index contributed by atoms with van der Waals surface area (Å²) in [4.78, 5) is 0. The van der Waals surface area contributed by atoms with Crippen molar-refractivity contribution < 1.29 is 28.5 Å². The fourth-order valence-corrected chi connectivity index (χ4v) is 1.55. The Balaban J connectivity index is 0.00000112. The highest BCUT2D eigenvalue weighted by molar-refractivity contribution is 6.30. The molecule has 0 saturated carbocycles. The molecule has 2 rings (SSSR count). The third-order valence-corrected chi connectivity index (χ3v) is 2.37. The SMILES string of the molecule is C[n+]1ccc(-c2cccc(Cl)c2)cc1.[I-]. The van der Waals surface area contributed by atoms with Gasteiger partial charge in [0.1, 0.15) is 7.05 Å². The molecule has 2 aromatic rings. The molecule has 0 atom stereocenters. The van der Waals surface area contributed by atoms with Crippen molar-refractivity contribution >= 4 is 11.6 Å². The summed E-state index contributed by atoms with van der Waals surface area (Å²) < 4.78 is 2.01. The van der Waals surface area contributed by atoms with E-state index in [-0.39, 0.29) is 24.0 Å². The standard InChI is InChI=1S/C12H11ClN.HI/c1-14-7-5-10(6-8-14)11-3-2-4-12(13)9-11;/h2-9H,1H3;1H/q+1;/p-1. The maximum atomic E-state index is 5.92. The van der Waals surface area contributed by atoms with Gasteiger partial charge in [-0.3, -0.25) is 0 Å². The lowest BCUT2D eigenvalue weighted by molar-refractivity contribution is -0.671.